The normalized spacial score (nSPS) is 14.0. The highest BCUT2D eigenvalue weighted by molar-refractivity contribution is 6.02. The van der Waals surface area contributed by atoms with Crippen LogP contribution in [0.25, 0.3) is 0 Å². The molecule has 0 saturated heterocycles. The zero-order chi connectivity index (χ0) is 18.4. The zero-order valence-electron chi connectivity index (χ0n) is 10.3. The van der Waals surface area contributed by atoms with Crippen molar-refractivity contribution in [1.29, 1.82) is 0 Å². The summed E-state index contributed by atoms with van der Waals surface area (Å²) in [7, 11) is 0. The average Bonchev–Trinajstić information content (AvgIpc) is 2.35. The lowest BCUT2D eigenvalue weighted by atomic mass is 9.98. The third kappa shape index (κ3) is 3.24. The molecule has 0 fully saturated rings. The molecule has 0 radical (unpaired) electrons. The second-order valence-electron chi connectivity index (χ2n) is 4.17. The molecule has 1 aromatic carbocycles. The van der Waals surface area contributed by atoms with Gasteiger partial charge in [-0.2, -0.15) is 43.9 Å². The van der Waals surface area contributed by atoms with Gasteiger partial charge < -0.3 is 0 Å². The minimum Gasteiger partial charge on any atom is -0.287 e. The van der Waals surface area contributed by atoms with Gasteiger partial charge in [0.05, 0.1) is 5.56 Å². The van der Waals surface area contributed by atoms with Gasteiger partial charge in [-0.05, 0) is 18.2 Å². The molecule has 0 amide bonds. The van der Waals surface area contributed by atoms with Crippen LogP contribution < -0.4 is 0 Å². The molecule has 0 unspecified atom stereocenters. The Hall–Kier alpha value is -1.88. The molecule has 0 heterocycles. The SMILES string of the molecule is O=C(c1ccc(F)c(C(F)(F)F)c1)C(F)(F)C(F)(F)C(F)(F)F. The van der Waals surface area contributed by atoms with Crippen molar-refractivity contribution in [2.45, 2.75) is 24.2 Å². The fourth-order valence-electron chi connectivity index (χ4n) is 1.39. The number of hydrogen-bond acceptors (Lipinski definition) is 1. The molecule has 1 rings (SSSR count). The second kappa shape index (κ2) is 5.34. The maximum absolute atomic E-state index is 13.1. The molecule has 1 nitrogen and oxygen atoms in total. The first-order valence-corrected chi connectivity index (χ1v) is 5.27. The van der Waals surface area contributed by atoms with Crippen molar-refractivity contribution in [3.63, 3.8) is 0 Å². The molecule has 0 bridgehead atoms. The maximum atomic E-state index is 13.1. The molecule has 0 spiro atoms. The zero-order valence-corrected chi connectivity index (χ0v) is 10.3. The van der Waals surface area contributed by atoms with Gasteiger partial charge in [0, 0.05) is 5.56 Å². The van der Waals surface area contributed by atoms with Gasteiger partial charge in [-0.1, -0.05) is 0 Å². The smallest absolute Gasteiger partial charge is 0.287 e. The molecule has 130 valence electrons. The van der Waals surface area contributed by atoms with E-state index in [1.165, 1.54) is 0 Å². The van der Waals surface area contributed by atoms with Gasteiger partial charge in [0.25, 0.3) is 0 Å². The van der Waals surface area contributed by atoms with Gasteiger partial charge >= 0.3 is 24.2 Å². The van der Waals surface area contributed by atoms with Crippen molar-refractivity contribution in [1.82, 2.24) is 0 Å². The number of benzene rings is 1. The molecule has 23 heavy (non-hydrogen) atoms. The summed E-state index contributed by atoms with van der Waals surface area (Å²) < 4.78 is 137. The highest BCUT2D eigenvalue weighted by Gasteiger charge is 2.76. The largest absolute Gasteiger partial charge is 0.460 e. The average molecular weight is 360 g/mol. The number of alkyl halides is 10. The summed E-state index contributed by atoms with van der Waals surface area (Å²) in [6, 6.07) is -0.789. The van der Waals surface area contributed by atoms with Gasteiger partial charge in [0.15, 0.2) is 0 Å². The van der Waals surface area contributed by atoms with Crippen LogP contribution >= 0.6 is 0 Å². The van der Waals surface area contributed by atoms with Crippen LogP contribution in [0.4, 0.5) is 48.3 Å². The van der Waals surface area contributed by atoms with Crippen molar-refractivity contribution in [2.75, 3.05) is 0 Å². The van der Waals surface area contributed by atoms with E-state index in [1.54, 1.807) is 0 Å². The summed E-state index contributed by atoms with van der Waals surface area (Å²) >= 11 is 0. The number of hydrogen-bond donors (Lipinski definition) is 0. The van der Waals surface area contributed by atoms with Crippen LogP contribution in [-0.4, -0.2) is 23.8 Å². The van der Waals surface area contributed by atoms with E-state index in [4.69, 9.17) is 0 Å². The van der Waals surface area contributed by atoms with E-state index >= 15 is 0 Å². The summed E-state index contributed by atoms with van der Waals surface area (Å²) in [6.45, 7) is 0. The summed E-state index contributed by atoms with van der Waals surface area (Å²) in [5.41, 5.74) is -4.12. The topological polar surface area (TPSA) is 17.1 Å². The molecule has 0 aliphatic heterocycles. The highest BCUT2D eigenvalue weighted by Crippen LogP contribution is 2.48. The first kappa shape index (κ1) is 19.2. The number of carbonyl (C=O) groups is 1. The third-order valence-corrected chi connectivity index (χ3v) is 2.57. The van der Waals surface area contributed by atoms with E-state index < -0.39 is 53.0 Å². The van der Waals surface area contributed by atoms with Gasteiger partial charge in [0.1, 0.15) is 5.82 Å². The molecule has 12 heteroatoms. The van der Waals surface area contributed by atoms with Crippen LogP contribution in [-0.2, 0) is 6.18 Å². The van der Waals surface area contributed by atoms with Crippen LogP contribution in [0.5, 0.6) is 0 Å². The Labute approximate surface area is 119 Å². The van der Waals surface area contributed by atoms with Crippen LogP contribution in [0.3, 0.4) is 0 Å². The predicted molar refractivity (Wildman–Crippen MR) is 51.7 cm³/mol. The van der Waals surface area contributed by atoms with Crippen molar-refractivity contribution >= 4 is 5.78 Å². The standard InChI is InChI=1S/C11H3F11O/c12-6-2-1-4(3-5(6)9(15,16)17)7(23)8(13,14)10(18,19)11(20,21)22/h1-3H. The Morgan fingerprint density at radius 1 is 0.826 bits per heavy atom. The number of carbonyl (C=O) groups excluding carboxylic acids is 1. The summed E-state index contributed by atoms with van der Waals surface area (Å²) in [5, 5.41) is 0. The minimum absolute atomic E-state index is 0.0622. The van der Waals surface area contributed by atoms with Crippen molar-refractivity contribution in [3.8, 4) is 0 Å². The first-order valence-electron chi connectivity index (χ1n) is 5.27. The molecule has 1 aromatic rings. The lowest BCUT2D eigenvalue weighted by Crippen LogP contribution is -2.56. The van der Waals surface area contributed by atoms with Crippen LogP contribution in [0.2, 0.25) is 0 Å². The van der Waals surface area contributed by atoms with Gasteiger partial charge in [-0.15, -0.1) is 0 Å². The minimum atomic E-state index is -6.83. The number of ketones is 1. The first-order chi connectivity index (χ1) is 10.0. The maximum Gasteiger partial charge on any atom is 0.460 e. The summed E-state index contributed by atoms with van der Waals surface area (Å²) in [5.74, 6) is -18.5. The fraction of sp³-hybridized carbons (Fsp3) is 0.364. The third-order valence-electron chi connectivity index (χ3n) is 2.57. The predicted octanol–water partition coefficient (Wildman–Crippen LogP) is 4.86. The molecule has 0 saturated carbocycles. The lowest BCUT2D eigenvalue weighted by Gasteiger charge is -2.27. The van der Waals surface area contributed by atoms with Crippen LogP contribution in [0.15, 0.2) is 18.2 Å². The van der Waals surface area contributed by atoms with E-state index in [0.717, 1.165) is 0 Å². The Balaban J connectivity index is 3.41. The van der Waals surface area contributed by atoms with Crippen molar-refractivity contribution < 1.29 is 53.1 Å². The second-order valence-corrected chi connectivity index (χ2v) is 4.17. The van der Waals surface area contributed by atoms with Gasteiger partial charge in [-0.3, -0.25) is 4.79 Å². The van der Waals surface area contributed by atoms with Crippen molar-refractivity contribution in [2.24, 2.45) is 0 Å². The van der Waals surface area contributed by atoms with Crippen LogP contribution in [0, 0.1) is 5.82 Å². The molecular weight excluding hydrogens is 357 g/mol. The van der Waals surface area contributed by atoms with E-state index in [1.807, 2.05) is 0 Å². The molecule has 0 aromatic heterocycles. The molecule has 0 aliphatic carbocycles. The van der Waals surface area contributed by atoms with E-state index in [9.17, 15) is 53.1 Å². The van der Waals surface area contributed by atoms with Crippen LogP contribution in [0.1, 0.15) is 15.9 Å². The molecule has 0 N–H and O–H groups in total. The van der Waals surface area contributed by atoms with Crippen molar-refractivity contribution in [3.05, 3.63) is 35.1 Å². The van der Waals surface area contributed by atoms with Gasteiger partial charge in [-0.25, -0.2) is 4.39 Å². The number of halogens is 11. The Morgan fingerprint density at radius 3 is 1.70 bits per heavy atom. The quantitative estimate of drug-likeness (QED) is 0.556. The monoisotopic (exact) mass is 360 g/mol. The Bertz CT molecular complexity index is 611. The number of Topliss-reactive ketones (excluding diaryl/α,β-unsaturated/α-hetero) is 1. The Kier molecular flexibility index (Phi) is 4.45. The lowest BCUT2D eigenvalue weighted by molar-refractivity contribution is -0.339. The molecule has 0 atom stereocenters. The molecule has 0 aliphatic rings. The number of rotatable bonds is 3. The van der Waals surface area contributed by atoms with E-state index in [-0.39, 0.29) is 12.1 Å². The van der Waals surface area contributed by atoms with E-state index in [0.29, 0.717) is 0 Å². The molecular formula is C11H3F11O. The summed E-state index contributed by atoms with van der Waals surface area (Å²) in [4.78, 5) is 11.1. The Morgan fingerprint density at radius 2 is 1.30 bits per heavy atom. The highest BCUT2D eigenvalue weighted by atomic mass is 19.4. The summed E-state index contributed by atoms with van der Waals surface area (Å²) in [6.07, 6.45) is -12.3. The van der Waals surface area contributed by atoms with E-state index in [2.05, 4.69) is 0 Å². The fourth-order valence-corrected chi connectivity index (χ4v) is 1.39. The van der Waals surface area contributed by atoms with Gasteiger partial charge in [0.2, 0.25) is 5.78 Å².